The van der Waals surface area contributed by atoms with Gasteiger partial charge in [0, 0.05) is 17.6 Å². The van der Waals surface area contributed by atoms with Crippen LogP contribution in [0.1, 0.15) is 23.5 Å². The van der Waals surface area contributed by atoms with Crippen molar-refractivity contribution in [2.75, 3.05) is 17.3 Å². The van der Waals surface area contributed by atoms with E-state index in [4.69, 9.17) is 0 Å². The number of thioether (sulfide) groups is 1. The first-order chi connectivity index (χ1) is 11.6. The second-order valence-electron chi connectivity index (χ2n) is 5.49. The van der Waals surface area contributed by atoms with Crippen LogP contribution < -0.4 is 10.6 Å². The first-order valence-electron chi connectivity index (χ1n) is 7.84. The number of carbonyl (C=O) groups is 1. The molecule has 7 heteroatoms. The molecule has 2 heterocycles. The third kappa shape index (κ3) is 5.81. The summed E-state index contributed by atoms with van der Waals surface area (Å²) in [6, 6.07) is 7.18. The predicted molar refractivity (Wildman–Crippen MR) is 98.0 cm³/mol. The molecule has 2 N–H and O–H groups in total. The van der Waals surface area contributed by atoms with Crippen molar-refractivity contribution in [1.82, 2.24) is 20.3 Å². The van der Waals surface area contributed by atoms with Gasteiger partial charge in [-0.15, -0.1) is 0 Å². The fourth-order valence-corrected chi connectivity index (χ4v) is 2.73. The first kappa shape index (κ1) is 18.2. The van der Waals surface area contributed by atoms with Gasteiger partial charge in [-0.1, -0.05) is 6.07 Å². The van der Waals surface area contributed by atoms with E-state index in [2.05, 4.69) is 25.6 Å². The number of hydrogen-bond acceptors (Lipinski definition) is 6. The lowest BCUT2D eigenvalue weighted by molar-refractivity contribution is -0.122. The number of rotatable bonds is 8. The molecule has 0 aliphatic heterocycles. The SMILES string of the molecule is CSCC[C@H](Nc1nc(C)cc(C)n1)C(=O)NCc1ccccn1. The lowest BCUT2D eigenvalue weighted by Crippen LogP contribution is -2.40. The van der Waals surface area contributed by atoms with E-state index in [1.807, 2.05) is 44.4 Å². The third-order valence-electron chi connectivity index (χ3n) is 3.38. The molecule has 1 amide bonds. The van der Waals surface area contributed by atoms with Gasteiger partial charge in [-0.05, 0) is 50.5 Å². The molecule has 2 aromatic rings. The molecule has 0 radical (unpaired) electrons. The van der Waals surface area contributed by atoms with Crippen molar-refractivity contribution in [2.24, 2.45) is 0 Å². The number of nitrogens with zero attached hydrogens (tertiary/aromatic N) is 3. The maximum absolute atomic E-state index is 12.5. The average Bonchev–Trinajstić information content (AvgIpc) is 2.56. The summed E-state index contributed by atoms with van der Waals surface area (Å²) in [5.41, 5.74) is 2.59. The molecule has 1 atom stereocenters. The Labute approximate surface area is 146 Å². The van der Waals surface area contributed by atoms with Crippen molar-refractivity contribution < 1.29 is 4.79 Å². The van der Waals surface area contributed by atoms with Crippen molar-refractivity contribution >= 4 is 23.6 Å². The summed E-state index contributed by atoms with van der Waals surface area (Å²) in [6.45, 7) is 4.24. The van der Waals surface area contributed by atoms with Gasteiger partial charge in [0.25, 0.3) is 0 Å². The number of pyridine rings is 1. The van der Waals surface area contributed by atoms with Crippen LogP contribution in [0.25, 0.3) is 0 Å². The third-order valence-corrected chi connectivity index (χ3v) is 4.03. The normalized spacial score (nSPS) is 11.8. The Morgan fingerprint density at radius 2 is 2.00 bits per heavy atom. The number of nitrogens with one attached hydrogen (secondary N) is 2. The van der Waals surface area contributed by atoms with Gasteiger partial charge in [-0.25, -0.2) is 9.97 Å². The van der Waals surface area contributed by atoms with Crippen molar-refractivity contribution in [1.29, 1.82) is 0 Å². The molecule has 128 valence electrons. The number of aryl methyl sites for hydroxylation is 2. The molecule has 0 fully saturated rings. The summed E-state index contributed by atoms with van der Waals surface area (Å²) < 4.78 is 0. The lowest BCUT2D eigenvalue weighted by atomic mass is 10.2. The Kier molecular flexibility index (Phi) is 6.99. The Hall–Kier alpha value is -2.15. The predicted octanol–water partition coefficient (Wildman–Crippen LogP) is 2.34. The minimum atomic E-state index is -0.373. The maximum atomic E-state index is 12.5. The summed E-state index contributed by atoms with van der Waals surface area (Å²) >= 11 is 1.71. The van der Waals surface area contributed by atoms with Crippen LogP contribution in [0.3, 0.4) is 0 Å². The zero-order valence-electron chi connectivity index (χ0n) is 14.2. The minimum absolute atomic E-state index is 0.0718. The zero-order chi connectivity index (χ0) is 17.4. The highest BCUT2D eigenvalue weighted by Gasteiger charge is 2.19. The monoisotopic (exact) mass is 345 g/mol. The molecule has 0 aliphatic rings. The molecular weight excluding hydrogens is 322 g/mol. The zero-order valence-corrected chi connectivity index (χ0v) is 15.1. The van der Waals surface area contributed by atoms with Crippen LogP contribution in [0, 0.1) is 13.8 Å². The van der Waals surface area contributed by atoms with E-state index in [9.17, 15) is 4.79 Å². The van der Waals surface area contributed by atoms with Crippen LogP contribution >= 0.6 is 11.8 Å². The number of aromatic nitrogens is 3. The Bertz CT molecular complexity index is 645. The fraction of sp³-hybridized carbons (Fsp3) is 0.412. The van der Waals surface area contributed by atoms with Gasteiger partial charge >= 0.3 is 0 Å². The van der Waals surface area contributed by atoms with Crippen molar-refractivity contribution in [2.45, 2.75) is 32.9 Å². The van der Waals surface area contributed by atoms with E-state index in [0.29, 0.717) is 18.9 Å². The molecule has 0 aliphatic carbocycles. The van der Waals surface area contributed by atoms with Crippen LogP contribution in [0.5, 0.6) is 0 Å². The van der Waals surface area contributed by atoms with Crippen LogP contribution in [-0.2, 0) is 11.3 Å². The Morgan fingerprint density at radius 1 is 1.25 bits per heavy atom. The van der Waals surface area contributed by atoms with Gasteiger partial charge in [-0.2, -0.15) is 11.8 Å². The molecule has 0 spiro atoms. The van der Waals surface area contributed by atoms with Crippen molar-refractivity contribution in [3.05, 3.63) is 47.5 Å². The molecule has 0 bridgehead atoms. The van der Waals surface area contributed by atoms with Crippen LogP contribution in [0.2, 0.25) is 0 Å². The van der Waals surface area contributed by atoms with Crippen LogP contribution in [0.15, 0.2) is 30.5 Å². The van der Waals surface area contributed by atoms with E-state index in [1.165, 1.54) is 0 Å². The van der Waals surface area contributed by atoms with Crippen LogP contribution in [0.4, 0.5) is 5.95 Å². The highest BCUT2D eigenvalue weighted by atomic mass is 32.2. The van der Waals surface area contributed by atoms with E-state index >= 15 is 0 Å². The van der Waals surface area contributed by atoms with Gasteiger partial charge < -0.3 is 10.6 Å². The summed E-state index contributed by atoms with van der Waals surface area (Å²) in [5.74, 6) is 1.29. The second-order valence-corrected chi connectivity index (χ2v) is 6.48. The van der Waals surface area contributed by atoms with Gasteiger partial charge in [0.05, 0.1) is 12.2 Å². The average molecular weight is 345 g/mol. The second kappa shape index (κ2) is 9.22. The topological polar surface area (TPSA) is 79.8 Å². The van der Waals surface area contributed by atoms with E-state index in [1.54, 1.807) is 18.0 Å². The maximum Gasteiger partial charge on any atom is 0.242 e. The van der Waals surface area contributed by atoms with Gasteiger partial charge in [0.1, 0.15) is 6.04 Å². The van der Waals surface area contributed by atoms with E-state index in [-0.39, 0.29) is 11.9 Å². The van der Waals surface area contributed by atoms with Crippen molar-refractivity contribution in [3.8, 4) is 0 Å². The first-order valence-corrected chi connectivity index (χ1v) is 9.23. The van der Waals surface area contributed by atoms with Gasteiger partial charge in [0.15, 0.2) is 0 Å². The molecule has 0 saturated carbocycles. The molecular formula is C17H23N5OS. The summed E-state index contributed by atoms with van der Waals surface area (Å²) in [6.07, 6.45) is 4.44. The van der Waals surface area contributed by atoms with Gasteiger partial charge in [-0.3, -0.25) is 9.78 Å². The Morgan fingerprint density at radius 3 is 2.62 bits per heavy atom. The van der Waals surface area contributed by atoms with E-state index in [0.717, 1.165) is 22.8 Å². The number of hydrogen-bond donors (Lipinski definition) is 2. The largest absolute Gasteiger partial charge is 0.349 e. The van der Waals surface area contributed by atoms with Crippen molar-refractivity contribution in [3.63, 3.8) is 0 Å². The lowest BCUT2D eigenvalue weighted by Gasteiger charge is -2.18. The summed E-state index contributed by atoms with van der Waals surface area (Å²) in [4.78, 5) is 25.5. The molecule has 2 aromatic heterocycles. The van der Waals surface area contributed by atoms with E-state index < -0.39 is 0 Å². The quantitative estimate of drug-likeness (QED) is 0.764. The summed E-state index contributed by atoms with van der Waals surface area (Å²) in [7, 11) is 0. The molecule has 0 unspecified atom stereocenters. The molecule has 0 saturated heterocycles. The molecule has 0 aromatic carbocycles. The molecule has 6 nitrogen and oxygen atoms in total. The van der Waals surface area contributed by atoms with Crippen LogP contribution in [-0.4, -0.2) is 38.9 Å². The number of anilines is 1. The highest BCUT2D eigenvalue weighted by Crippen LogP contribution is 2.09. The summed E-state index contributed by atoms with van der Waals surface area (Å²) in [5, 5.41) is 6.09. The van der Waals surface area contributed by atoms with Gasteiger partial charge in [0.2, 0.25) is 11.9 Å². The standard InChI is InChI=1S/C17H23N5OS/c1-12-10-13(2)21-17(20-12)22-15(7-9-24-3)16(23)19-11-14-6-4-5-8-18-14/h4-6,8,10,15H,7,9,11H2,1-3H3,(H,19,23)(H,20,21,22)/t15-/m0/s1. The number of carbonyl (C=O) groups excluding carboxylic acids is 1. The minimum Gasteiger partial charge on any atom is -0.349 e. The fourth-order valence-electron chi connectivity index (χ4n) is 2.25. The Balaban J connectivity index is 2.01. The molecule has 2 rings (SSSR count). The number of amides is 1. The smallest absolute Gasteiger partial charge is 0.242 e. The molecule has 24 heavy (non-hydrogen) atoms. The highest BCUT2D eigenvalue weighted by molar-refractivity contribution is 7.98.